The molecule has 2 heteroatoms. The fourth-order valence-electron chi connectivity index (χ4n) is 2.17. The van der Waals surface area contributed by atoms with Crippen molar-refractivity contribution >= 4 is 21.5 Å². The number of pyridine rings is 2. The third-order valence-corrected chi connectivity index (χ3v) is 2.91. The van der Waals surface area contributed by atoms with Crippen LogP contribution in [-0.4, -0.2) is 9.97 Å². The zero-order valence-electron chi connectivity index (χ0n) is 9.36. The summed E-state index contributed by atoms with van der Waals surface area (Å²) in [5, 5.41) is 4.87. The number of rotatable bonds is 0. The highest BCUT2D eigenvalue weighted by Crippen LogP contribution is 2.24. The Labute approximate surface area is 94.0 Å². The largest absolute Gasteiger partial charge is 0.264 e. The molecule has 0 saturated heterocycles. The molecule has 0 aliphatic heterocycles. The molecule has 0 spiro atoms. The molecule has 3 rings (SSSR count). The Kier molecular flexibility index (Phi) is 1.90. The number of fused-ring (bicyclic) bond motifs is 2. The van der Waals surface area contributed by atoms with E-state index < -0.39 is 0 Å². The average molecular weight is 208 g/mol. The van der Waals surface area contributed by atoms with Crippen LogP contribution in [0.1, 0.15) is 11.4 Å². The Bertz CT molecular complexity index is 687. The van der Waals surface area contributed by atoms with Crippen LogP contribution in [0.15, 0.2) is 36.7 Å². The van der Waals surface area contributed by atoms with Gasteiger partial charge in [0, 0.05) is 34.6 Å². The van der Waals surface area contributed by atoms with Gasteiger partial charge in [-0.25, -0.2) is 0 Å². The second-order valence-corrected chi connectivity index (χ2v) is 4.15. The van der Waals surface area contributed by atoms with Crippen LogP contribution in [0.5, 0.6) is 0 Å². The van der Waals surface area contributed by atoms with Crippen LogP contribution in [0, 0.1) is 13.8 Å². The maximum absolute atomic E-state index is 4.49. The zero-order valence-corrected chi connectivity index (χ0v) is 9.36. The summed E-state index contributed by atoms with van der Waals surface area (Å²) in [6.45, 7) is 4.09. The van der Waals surface area contributed by atoms with Crippen molar-refractivity contribution in [3.8, 4) is 0 Å². The number of aryl methyl sites for hydroxylation is 2. The van der Waals surface area contributed by atoms with E-state index in [1.54, 1.807) is 0 Å². The first-order chi connectivity index (χ1) is 7.74. The summed E-state index contributed by atoms with van der Waals surface area (Å²) in [4.78, 5) is 8.64. The highest BCUT2D eigenvalue weighted by molar-refractivity contribution is 5.98. The second kappa shape index (κ2) is 3.27. The average Bonchev–Trinajstić information content (AvgIpc) is 2.27. The van der Waals surface area contributed by atoms with Gasteiger partial charge < -0.3 is 0 Å². The zero-order chi connectivity index (χ0) is 11.1. The van der Waals surface area contributed by atoms with Crippen LogP contribution in [-0.2, 0) is 0 Å². The fourth-order valence-corrected chi connectivity index (χ4v) is 2.17. The Morgan fingerprint density at radius 1 is 0.938 bits per heavy atom. The Balaban J connectivity index is 2.51. The molecular weight excluding hydrogens is 196 g/mol. The van der Waals surface area contributed by atoms with E-state index in [1.165, 1.54) is 21.5 Å². The lowest BCUT2D eigenvalue weighted by Gasteiger charge is -2.05. The van der Waals surface area contributed by atoms with Crippen LogP contribution >= 0.6 is 0 Å². The molecule has 1 aromatic carbocycles. The third kappa shape index (κ3) is 1.34. The van der Waals surface area contributed by atoms with E-state index in [9.17, 15) is 0 Å². The van der Waals surface area contributed by atoms with Crippen LogP contribution < -0.4 is 0 Å². The van der Waals surface area contributed by atoms with Crippen molar-refractivity contribution in [1.82, 2.24) is 9.97 Å². The first-order valence-electron chi connectivity index (χ1n) is 5.36. The van der Waals surface area contributed by atoms with Gasteiger partial charge in [-0.15, -0.1) is 0 Å². The van der Waals surface area contributed by atoms with E-state index in [2.05, 4.69) is 35.1 Å². The van der Waals surface area contributed by atoms with Gasteiger partial charge in [-0.2, -0.15) is 0 Å². The van der Waals surface area contributed by atoms with Crippen LogP contribution in [0.3, 0.4) is 0 Å². The third-order valence-electron chi connectivity index (χ3n) is 2.91. The van der Waals surface area contributed by atoms with Crippen molar-refractivity contribution in [3.63, 3.8) is 0 Å². The van der Waals surface area contributed by atoms with Gasteiger partial charge in [0.1, 0.15) is 0 Å². The molecule has 0 fully saturated rings. The summed E-state index contributed by atoms with van der Waals surface area (Å²) in [6.07, 6.45) is 3.73. The number of hydrogen-bond donors (Lipinski definition) is 0. The Morgan fingerprint density at radius 3 is 2.69 bits per heavy atom. The Morgan fingerprint density at radius 2 is 1.81 bits per heavy atom. The summed E-state index contributed by atoms with van der Waals surface area (Å²) in [5.74, 6) is 0. The minimum absolute atomic E-state index is 1.06. The van der Waals surface area contributed by atoms with Gasteiger partial charge in [-0.3, -0.25) is 9.97 Å². The molecule has 0 unspecified atom stereocenters. The fraction of sp³-hybridized carbons (Fsp3) is 0.143. The highest BCUT2D eigenvalue weighted by atomic mass is 14.7. The summed E-state index contributed by atoms with van der Waals surface area (Å²) in [5.41, 5.74) is 2.15. The van der Waals surface area contributed by atoms with Crippen LogP contribution in [0.25, 0.3) is 21.5 Å². The number of benzene rings is 1. The first kappa shape index (κ1) is 9.28. The minimum Gasteiger partial charge on any atom is -0.264 e. The van der Waals surface area contributed by atoms with Gasteiger partial charge >= 0.3 is 0 Å². The molecule has 0 aliphatic carbocycles. The quantitative estimate of drug-likeness (QED) is 0.529. The lowest BCUT2D eigenvalue weighted by Crippen LogP contribution is -1.88. The minimum atomic E-state index is 1.06. The number of hydrogen-bond acceptors (Lipinski definition) is 2. The second-order valence-electron chi connectivity index (χ2n) is 4.15. The monoisotopic (exact) mass is 208 g/mol. The van der Waals surface area contributed by atoms with Crippen molar-refractivity contribution in [1.29, 1.82) is 0 Å². The molecule has 0 saturated carbocycles. The lowest BCUT2D eigenvalue weighted by molar-refractivity contribution is 1.15. The predicted molar refractivity (Wildman–Crippen MR) is 66.5 cm³/mol. The molecule has 0 radical (unpaired) electrons. The lowest BCUT2D eigenvalue weighted by atomic mass is 10.0. The SMILES string of the molecule is Cc1cc2cc3cnccc3cc2c(C)n1. The highest BCUT2D eigenvalue weighted by Gasteiger charge is 2.02. The van der Waals surface area contributed by atoms with Crippen molar-refractivity contribution < 1.29 is 0 Å². The van der Waals surface area contributed by atoms with E-state index in [1.807, 2.05) is 25.4 Å². The molecule has 16 heavy (non-hydrogen) atoms. The van der Waals surface area contributed by atoms with Crippen molar-refractivity contribution in [2.75, 3.05) is 0 Å². The molecule has 3 aromatic rings. The summed E-state index contributed by atoms with van der Waals surface area (Å²) >= 11 is 0. The Hall–Kier alpha value is -1.96. The van der Waals surface area contributed by atoms with Gasteiger partial charge in [-0.1, -0.05) is 0 Å². The molecule has 0 bridgehead atoms. The van der Waals surface area contributed by atoms with E-state index >= 15 is 0 Å². The molecular formula is C14H12N2. The van der Waals surface area contributed by atoms with Gasteiger partial charge in [0.25, 0.3) is 0 Å². The molecule has 0 aliphatic rings. The number of aromatic nitrogens is 2. The van der Waals surface area contributed by atoms with Gasteiger partial charge in [-0.05, 0) is 48.9 Å². The standard InChI is InChI=1S/C14H12N2/c1-9-5-12-6-13-8-15-4-3-11(13)7-14(12)10(2)16-9/h3-8H,1-2H3. The van der Waals surface area contributed by atoms with Crippen molar-refractivity contribution in [2.24, 2.45) is 0 Å². The van der Waals surface area contributed by atoms with E-state index in [0.29, 0.717) is 0 Å². The van der Waals surface area contributed by atoms with E-state index in [-0.39, 0.29) is 0 Å². The topological polar surface area (TPSA) is 25.8 Å². The van der Waals surface area contributed by atoms with E-state index in [0.717, 1.165) is 11.4 Å². The maximum Gasteiger partial charge on any atom is 0.0454 e. The molecule has 0 amide bonds. The van der Waals surface area contributed by atoms with Gasteiger partial charge in [0.2, 0.25) is 0 Å². The summed E-state index contributed by atoms with van der Waals surface area (Å²) < 4.78 is 0. The predicted octanol–water partition coefficient (Wildman–Crippen LogP) is 3.40. The maximum atomic E-state index is 4.49. The summed E-state index contributed by atoms with van der Waals surface area (Å²) in [7, 11) is 0. The number of nitrogens with zero attached hydrogens (tertiary/aromatic N) is 2. The van der Waals surface area contributed by atoms with E-state index in [4.69, 9.17) is 0 Å². The smallest absolute Gasteiger partial charge is 0.0454 e. The molecule has 78 valence electrons. The molecule has 0 N–H and O–H groups in total. The molecule has 2 nitrogen and oxygen atoms in total. The first-order valence-corrected chi connectivity index (χ1v) is 5.36. The van der Waals surface area contributed by atoms with Gasteiger partial charge in [0.05, 0.1) is 0 Å². The molecule has 2 aromatic heterocycles. The molecule has 2 heterocycles. The van der Waals surface area contributed by atoms with Crippen molar-refractivity contribution in [2.45, 2.75) is 13.8 Å². The van der Waals surface area contributed by atoms with Gasteiger partial charge in [0.15, 0.2) is 0 Å². The van der Waals surface area contributed by atoms with Crippen LogP contribution in [0.2, 0.25) is 0 Å². The van der Waals surface area contributed by atoms with Crippen LogP contribution in [0.4, 0.5) is 0 Å². The summed E-state index contributed by atoms with van der Waals surface area (Å²) in [6, 6.07) is 8.52. The molecule has 0 atom stereocenters. The van der Waals surface area contributed by atoms with Crippen molar-refractivity contribution in [3.05, 3.63) is 48.0 Å². The normalized spacial score (nSPS) is 11.1.